The Morgan fingerprint density at radius 2 is 1.61 bits per heavy atom. The van der Waals surface area contributed by atoms with Crippen LogP contribution in [0.4, 0.5) is 23.7 Å². The van der Waals surface area contributed by atoms with Gasteiger partial charge in [-0.05, 0) is 76.1 Å². The molecule has 0 radical (unpaired) electrons. The van der Waals surface area contributed by atoms with Crippen LogP contribution in [0.3, 0.4) is 0 Å². The average Bonchev–Trinajstić information content (AvgIpc) is 3.04. The summed E-state index contributed by atoms with van der Waals surface area (Å²) in [5, 5.41) is 9.36. The van der Waals surface area contributed by atoms with E-state index < -0.39 is 60.0 Å². The smallest absolute Gasteiger partial charge is 0.416 e. The molecule has 0 N–H and O–H groups in total. The average molecular weight is 678 g/mol. The van der Waals surface area contributed by atoms with E-state index in [1.807, 2.05) is 6.07 Å². The number of urea groups is 1. The topological polar surface area (TPSA) is 126 Å². The van der Waals surface area contributed by atoms with Crippen LogP contribution in [-0.2, 0) is 41.4 Å². The van der Waals surface area contributed by atoms with Crippen LogP contribution in [0.5, 0.6) is 0 Å². The van der Waals surface area contributed by atoms with E-state index in [-0.39, 0.29) is 34.7 Å². The summed E-state index contributed by atoms with van der Waals surface area (Å²) in [5.74, 6) is -2.85. The second-order valence-electron chi connectivity index (χ2n) is 12.2. The first-order valence-electron chi connectivity index (χ1n) is 15.1. The van der Waals surface area contributed by atoms with Gasteiger partial charge in [-0.15, -0.1) is 0 Å². The summed E-state index contributed by atoms with van der Waals surface area (Å²) >= 11 is 0. The lowest BCUT2D eigenvalue weighted by atomic mass is 9.92. The molecule has 3 aromatic carbocycles. The Labute approximate surface area is 281 Å². The standard InChI is InChI=1S/C36H34F3N3O7/c1-22-30(33(45)48-23(2)32(44)47-21-25-10-7-6-8-11-25)31(26-16-14-24(19-40)15-17-26)41(20-29(43)49-35(3,4)5)34(46)42(22)28-13-9-12-27(18-28)36(37,38)39/h6-18,23,31H,20-21H2,1-5H3/t23-,31?/m0/s1. The van der Waals surface area contributed by atoms with Gasteiger partial charge in [-0.1, -0.05) is 48.5 Å². The molecule has 0 spiro atoms. The van der Waals surface area contributed by atoms with E-state index in [1.165, 1.54) is 44.2 Å². The number of nitrogens with zero attached hydrogens (tertiary/aromatic N) is 3. The second-order valence-corrected chi connectivity index (χ2v) is 12.2. The molecule has 0 fully saturated rings. The molecule has 0 bridgehead atoms. The van der Waals surface area contributed by atoms with Gasteiger partial charge in [0.2, 0.25) is 0 Å². The molecule has 3 aromatic rings. The molecule has 0 saturated carbocycles. The van der Waals surface area contributed by atoms with E-state index in [0.29, 0.717) is 5.56 Å². The molecule has 49 heavy (non-hydrogen) atoms. The van der Waals surface area contributed by atoms with Gasteiger partial charge in [0.15, 0.2) is 6.10 Å². The fourth-order valence-corrected chi connectivity index (χ4v) is 5.12. The summed E-state index contributed by atoms with van der Waals surface area (Å²) in [6.45, 7) is 6.64. The van der Waals surface area contributed by atoms with Crippen LogP contribution in [0.2, 0.25) is 0 Å². The summed E-state index contributed by atoms with van der Waals surface area (Å²) in [7, 11) is 0. The third-order valence-corrected chi connectivity index (χ3v) is 7.31. The molecule has 256 valence electrons. The van der Waals surface area contributed by atoms with Crippen molar-refractivity contribution in [1.29, 1.82) is 5.26 Å². The zero-order valence-electron chi connectivity index (χ0n) is 27.4. The Morgan fingerprint density at radius 1 is 0.959 bits per heavy atom. The maximum absolute atomic E-state index is 14.3. The van der Waals surface area contributed by atoms with Crippen molar-refractivity contribution in [2.24, 2.45) is 0 Å². The van der Waals surface area contributed by atoms with Crippen LogP contribution in [0.15, 0.2) is 90.1 Å². The highest BCUT2D eigenvalue weighted by Gasteiger charge is 2.45. The van der Waals surface area contributed by atoms with Gasteiger partial charge in [-0.25, -0.2) is 14.4 Å². The fraction of sp³-hybridized carbons (Fsp3) is 0.306. The number of esters is 3. The Balaban J connectivity index is 1.83. The van der Waals surface area contributed by atoms with E-state index in [0.717, 1.165) is 28.0 Å². The van der Waals surface area contributed by atoms with E-state index in [9.17, 15) is 37.6 Å². The first kappa shape index (κ1) is 36.2. The van der Waals surface area contributed by atoms with E-state index >= 15 is 0 Å². The SMILES string of the molecule is CC1=C(C(=O)O[C@@H](C)C(=O)OCc2ccccc2)C(c2ccc(C#N)cc2)N(CC(=O)OC(C)(C)C)C(=O)N1c1cccc(C(F)(F)F)c1. The number of benzene rings is 3. The number of anilines is 1. The highest BCUT2D eigenvalue weighted by Crippen LogP contribution is 2.41. The van der Waals surface area contributed by atoms with Crippen molar-refractivity contribution in [3.8, 4) is 6.07 Å². The number of rotatable bonds is 9. The number of carbonyl (C=O) groups excluding carboxylic acids is 4. The molecular weight excluding hydrogens is 643 g/mol. The Hall–Kier alpha value is -5.64. The van der Waals surface area contributed by atoms with Crippen LogP contribution < -0.4 is 4.90 Å². The Morgan fingerprint density at radius 3 is 2.20 bits per heavy atom. The summed E-state index contributed by atoms with van der Waals surface area (Å²) in [5.41, 5.74) is -1.43. The number of hydrogen-bond donors (Lipinski definition) is 0. The monoisotopic (exact) mass is 677 g/mol. The van der Waals surface area contributed by atoms with Crippen LogP contribution in [0, 0.1) is 11.3 Å². The van der Waals surface area contributed by atoms with Crippen molar-refractivity contribution < 1.29 is 46.6 Å². The lowest BCUT2D eigenvalue weighted by molar-refractivity contribution is -0.165. The highest BCUT2D eigenvalue weighted by molar-refractivity contribution is 6.04. The molecule has 4 rings (SSSR count). The van der Waals surface area contributed by atoms with E-state index in [2.05, 4.69) is 0 Å². The summed E-state index contributed by atoms with van der Waals surface area (Å²) < 4.78 is 57.6. The van der Waals surface area contributed by atoms with E-state index in [4.69, 9.17) is 14.2 Å². The predicted molar refractivity (Wildman–Crippen MR) is 170 cm³/mol. The number of halogens is 3. The minimum atomic E-state index is -4.76. The molecule has 1 unspecified atom stereocenters. The van der Waals surface area contributed by atoms with Crippen molar-refractivity contribution in [1.82, 2.24) is 4.90 Å². The second kappa shape index (κ2) is 14.6. The minimum Gasteiger partial charge on any atom is -0.459 e. The van der Waals surface area contributed by atoms with Gasteiger partial charge < -0.3 is 19.1 Å². The summed E-state index contributed by atoms with van der Waals surface area (Å²) in [6.07, 6.45) is -6.21. The maximum atomic E-state index is 14.3. The quantitative estimate of drug-likeness (QED) is 0.178. The van der Waals surface area contributed by atoms with E-state index in [1.54, 1.807) is 51.1 Å². The molecule has 1 heterocycles. The zero-order chi connectivity index (χ0) is 36.1. The molecule has 2 atom stereocenters. The molecule has 1 aliphatic rings. The molecule has 10 nitrogen and oxygen atoms in total. The highest BCUT2D eigenvalue weighted by atomic mass is 19.4. The largest absolute Gasteiger partial charge is 0.459 e. The first-order valence-corrected chi connectivity index (χ1v) is 15.1. The number of amides is 2. The fourth-order valence-electron chi connectivity index (χ4n) is 5.12. The van der Waals surface area contributed by atoms with Crippen molar-refractivity contribution in [2.75, 3.05) is 11.4 Å². The lowest BCUT2D eigenvalue weighted by Crippen LogP contribution is -2.53. The molecule has 13 heteroatoms. The Kier molecular flexibility index (Phi) is 10.8. The molecular formula is C36H34F3N3O7. The van der Waals surface area contributed by atoms with Gasteiger partial charge in [0.1, 0.15) is 18.8 Å². The van der Waals surface area contributed by atoms with Gasteiger partial charge in [0, 0.05) is 5.70 Å². The normalized spacial score (nSPS) is 15.7. The van der Waals surface area contributed by atoms with Crippen molar-refractivity contribution >= 4 is 29.6 Å². The predicted octanol–water partition coefficient (Wildman–Crippen LogP) is 6.85. The number of allylic oxidation sites excluding steroid dienone is 1. The van der Waals surface area contributed by atoms with Crippen LogP contribution >= 0.6 is 0 Å². The van der Waals surface area contributed by atoms with Crippen LogP contribution in [-0.4, -0.2) is 47.1 Å². The number of nitriles is 1. The van der Waals surface area contributed by atoms with Gasteiger partial charge in [0.05, 0.1) is 34.5 Å². The van der Waals surface area contributed by atoms with Crippen molar-refractivity contribution in [3.63, 3.8) is 0 Å². The van der Waals surface area contributed by atoms with Gasteiger partial charge in [-0.3, -0.25) is 9.69 Å². The zero-order valence-corrected chi connectivity index (χ0v) is 27.4. The van der Waals surface area contributed by atoms with Crippen molar-refractivity contribution in [2.45, 2.75) is 65.1 Å². The summed E-state index contributed by atoms with van der Waals surface area (Å²) in [4.78, 5) is 56.2. The molecule has 2 amide bonds. The molecule has 0 saturated heterocycles. The van der Waals surface area contributed by atoms with Gasteiger partial charge in [0.25, 0.3) is 0 Å². The van der Waals surface area contributed by atoms with Gasteiger partial charge in [-0.2, -0.15) is 18.4 Å². The van der Waals surface area contributed by atoms with Crippen molar-refractivity contribution in [3.05, 3.63) is 112 Å². The van der Waals surface area contributed by atoms with Crippen LogP contribution in [0.1, 0.15) is 62.9 Å². The number of carbonyl (C=O) groups is 4. The van der Waals surface area contributed by atoms with Gasteiger partial charge >= 0.3 is 30.1 Å². The molecule has 0 aromatic heterocycles. The lowest BCUT2D eigenvalue weighted by Gasteiger charge is -2.42. The summed E-state index contributed by atoms with van der Waals surface area (Å²) in [6, 6.07) is 18.2. The molecule has 1 aliphatic heterocycles. The maximum Gasteiger partial charge on any atom is 0.416 e. The number of ether oxygens (including phenoxy) is 3. The first-order chi connectivity index (χ1) is 23.0. The number of alkyl halides is 3. The minimum absolute atomic E-state index is 0.0986. The Bertz CT molecular complexity index is 1790. The third-order valence-electron chi connectivity index (χ3n) is 7.31. The number of hydrogen-bond acceptors (Lipinski definition) is 8. The molecule has 0 aliphatic carbocycles. The van der Waals surface area contributed by atoms with Crippen LogP contribution in [0.25, 0.3) is 0 Å². The third kappa shape index (κ3) is 8.84.